The van der Waals surface area contributed by atoms with Gasteiger partial charge in [0.05, 0.1) is 12.1 Å². The molecule has 0 saturated heterocycles. The number of hydrogen-bond donors (Lipinski definition) is 3. The van der Waals surface area contributed by atoms with Crippen LogP contribution in [0.5, 0.6) is 0 Å². The van der Waals surface area contributed by atoms with Crippen LogP contribution in [0.1, 0.15) is 31.1 Å². The van der Waals surface area contributed by atoms with Crippen molar-refractivity contribution >= 4 is 17.6 Å². The number of hydrogen-bond acceptors (Lipinski definition) is 3. The molecule has 0 fully saturated rings. The summed E-state index contributed by atoms with van der Waals surface area (Å²) in [7, 11) is 0. The van der Waals surface area contributed by atoms with E-state index in [1.54, 1.807) is 0 Å². The molecule has 0 saturated carbocycles. The van der Waals surface area contributed by atoms with Crippen LogP contribution in [-0.4, -0.2) is 29.1 Å². The SMILES string of the molecule is CC(C)(C)NCC(=O)Nc1ccc(C(=O)O)c(F)c1. The topological polar surface area (TPSA) is 78.4 Å². The summed E-state index contributed by atoms with van der Waals surface area (Å²) in [5, 5.41) is 14.1. The minimum absolute atomic E-state index is 0.0891. The van der Waals surface area contributed by atoms with Gasteiger partial charge in [-0.15, -0.1) is 0 Å². The highest BCUT2D eigenvalue weighted by atomic mass is 19.1. The Morgan fingerprint density at radius 1 is 1.32 bits per heavy atom. The fourth-order valence-corrected chi connectivity index (χ4v) is 1.32. The van der Waals surface area contributed by atoms with E-state index >= 15 is 0 Å². The molecule has 1 aromatic carbocycles. The number of halogens is 1. The van der Waals surface area contributed by atoms with E-state index < -0.39 is 17.3 Å². The van der Waals surface area contributed by atoms with E-state index in [1.807, 2.05) is 20.8 Å². The lowest BCUT2D eigenvalue weighted by Gasteiger charge is -2.20. The highest BCUT2D eigenvalue weighted by Crippen LogP contribution is 2.14. The molecule has 0 aliphatic rings. The van der Waals surface area contributed by atoms with Crippen LogP contribution in [0, 0.1) is 5.82 Å². The summed E-state index contributed by atoms with van der Waals surface area (Å²) in [4.78, 5) is 22.2. The van der Waals surface area contributed by atoms with Crippen molar-refractivity contribution in [2.75, 3.05) is 11.9 Å². The van der Waals surface area contributed by atoms with Crippen LogP contribution in [0.25, 0.3) is 0 Å². The fraction of sp³-hybridized carbons (Fsp3) is 0.385. The summed E-state index contributed by atoms with van der Waals surface area (Å²) in [6.45, 7) is 5.84. The zero-order chi connectivity index (χ0) is 14.6. The van der Waals surface area contributed by atoms with Gasteiger partial charge in [0.1, 0.15) is 5.82 Å². The highest BCUT2D eigenvalue weighted by molar-refractivity contribution is 5.93. The van der Waals surface area contributed by atoms with Gasteiger partial charge < -0.3 is 15.7 Å². The lowest BCUT2D eigenvalue weighted by atomic mass is 10.1. The predicted molar refractivity (Wildman–Crippen MR) is 69.7 cm³/mol. The Hall–Kier alpha value is -1.95. The number of anilines is 1. The van der Waals surface area contributed by atoms with E-state index in [1.165, 1.54) is 6.07 Å². The smallest absolute Gasteiger partial charge is 0.338 e. The molecule has 0 radical (unpaired) electrons. The van der Waals surface area contributed by atoms with E-state index in [9.17, 15) is 14.0 Å². The number of nitrogens with one attached hydrogen (secondary N) is 2. The van der Waals surface area contributed by atoms with Gasteiger partial charge in [0.2, 0.25) is 5.91 Å². The van der Waals surface area contributed by atoms with Crippen LogP contribution in [0.15, 0.2) is 18.2 Å². The molecule has 0 aliphatic carbocycles. The Morgan fingerprint density at radius 3 is 2.42 bits per heavy atom. The van der Waals surface area contributed by atoms with Gasteiger partial charge in [-0.2, -0.15) is 0 Å². The second kappa shape index (κ2) is 5.79. The predicted octanol–water partition coefficient (Wildman–Crippen LogP) is 1.85. The number of aromatic carboxylic acids is 1. The van der Waals surface area contributed by atoms with Gasteiger partial charge in [-0.25, -0.2) is 9.18 Å². The molecule has 1 aromatic rings. The van der Waals surface area contributed by atoms with Gasteiger partial charge in [0.15, 0.2) is 0 Å². The zero-order valence-corrected chi connectivity index (χ0v) is 11.1. The Bertz CT molecular complexity index is 495. The van der Waals surface area contributed by atoms with E-state index in [-0.39, 0.29) is 23.7 Å². The molecular formula is C13H17FN2O3. The molecule has 0 bridgehead atoms. The maximum Gasteiger partial charge on any atom is 0.338 e. The summed E-state index contributed by atoms with van der Waals surface area (Å²) in [5.41, 5.74) is -0.399. The monoisotopic (exact) mass is 268 g/mol. The van der Waals surface area contributed by atoms with Crippen LogP contribution >= 0.6 is 0 Å². The fourth-order valence-electron chi connectivity index (χ4n) is 1.32. The number of carboxylic acids is 1. The summed E-state index contributed by atoms with van der Waals surface area (Å²) in [5.74, 6) is -2.55. The van der Waals surface area contributed by atoms with E-state index in [0.717, 1.165) is 12.1 Å². The number of carboxylic acid groups (broad SMARTS) is 1. The average Bonchev–Trinajstić information content (AvgIpc) is 2.25. The van der Waals surface area contributed by atoms with Crippen molar-refractivity contribution in [1.82, 2.24) is 5.32 Å². The third-order valence-electron chi connectivity index (χ3n) is 2.26. The highest BCUT2D eigenvalue weighted by Gasteiger charge is 2.13. The van der Waals surface area contributed by atoms with E-state index in [0.29, 0.717) is 0 Å². The van der Waals surface area contributed by atoms with Crippen LogP contribution in [0.2, 0.25) is 0 Å². The standard InChI is InChI=1S/C13H17FN2O3/c1-13(2,3)15-7-11(17)16-8-4-5-9(12(18)19)10(14)6-8/h4-6,15H,7H2,1-3H3,(H,16,17)(H,18,19). The average molecular weight is 268 g/mol. The number of carbonyl (C=O) groups excluding carboxylic acids is 1. The summed E-state index contributed by atoms with van der Waals surface area (Å²) >= 11 is 0. The lowest BCUT2D eigenvalue weighted by molar-refractivity contribution is -0.115. The molecule has 0 heterocycles. The van der Waals surface area contributed by atoms with Gasteiger partial charge in [-0.05, 0) is 39.0 Å². The van der Waals surface area contributed by atoms with Crippen LogP contribution in [-0.2, 0) is 4.79 Å². The Morgan fingerprint density at radius 2 is 1.95 bits per heavy atom. The lowest BCUT2D eigenvalue weighted by Crippen LogP contribution is -2.41. The molecule has 0 unspecified atom stereocenters. The Kier molecular flexibility index (Phi) is 4.61. The largest absolute Gasteiger partial charge is 0.478 e. The van der Waals surface area contributed by atoms with Gasteiger partial charge in [-0.3, -0.25) is 4.79 Å². The maximum absolute atomic E-state index is 13.4. The molecule has 0 spiro atoms. The molecule has 104 valence electrons. The molecule has 6 heteroatoms. The first-order valence-corrected chi connectivity index (χ1v) is 5.77. The molecule has 1 rings (SSSR count). The molecule has 3 N–H and O–H groups in total. The van der Waals surface area contributed by atoms with Crippen molar-refractivity contribution in [2.24, 2.45) is 0 Å². The van der Waals surface area contributed by atoms with Gasteiger partial charge in [-0.1, -0.05) is 0 Å². The minimum Gasteiger partial charge on any atom is -0.478 e. The van der Waals surface area contributed by atoms with E-state index in [2.05, 4.69) is 10.6 Å². The quantitative estimate of drug-likeness (QED) is 0.778. The molecule has 19 heavy (non-hydrogen) atoms. The maximum atomic E-state index is 13.4. The van der Waals surface area contributed by atoms with Crippen LogP contribution in [0.4, 0.5) is 10.1 Å². The summed E-state index contributed by atoms with van der Waals surface area (Å²) < 4.78 is 13.4. The molecular weight excluding hydrogens is 251 g/mol. The first kappa shape index (κ1) is 15.1. The molecule has 5 nitrogen and oxygen atoms in total. The number of rotatable bonds is 4. The van der Waals surface area contributed by atoms with Crippen molar-refractivity contribution < 1.29 is 19.1 Å². The van der Waals surface area contributed by atoms with E-state index in [4.69, 9.17) is 5.11 Å². The first-order valence-electron chi connectivity index (χ1n) is 5.77. The summed E-state index contributed by atoms with van der Waals surface area (Å²) in [6, 6.07) is 3.45. The second-order valence-corrected chi connectivity index (χ2v) is 5.15. The number of carbonyl (C=O) groups is 2. The number of amides is 1. The molecule has 0 aliphatic heterocycles. The van der Waals surface area contributed by atoms with Crippen LogP contribution < -0.4 is 10.6 Å². The third-order valence-corrected chi connectivity index (χ3v) is 2.26. The van der Waals surface area contributed by atoms with Gasteiger partial charge in [0.25, 0.3) is 0 Å². The second-order valence-electron chi connectivity index (χ2n) is 5.15. The zero-order valence-electron chi connectivity index (χ0n) is 11.1. The normalized spacial score (nSPS) is 11.2. The van der Waals surface area contributed by atoms with Crippen molar-refractivity contribution in [3.63, 3.8) is 0 Å². The van der Waals surface area contributed by atoms with Gasteiger partial charge >= 0.3 is 5.97 Å². The third kappa shape index (κ3) is 5.05. The first-order chi connectivity index (χ1) is 8.69. The molecule has 0 atom stereocenters. The summed E-state index contributed by atoms with van der Waals surface area (Å²) in [6.07, 6.45) is 0. The molecule has 1 amide bonds. The Labute approximate surface area is 110 Å². The van der Waals surface area contributed by atoms with Crippen LogP contribution in [0.3, 0.4) is 0 Å². The van der Waals surface area contributed by atoms with Crippen molar-refractivity contribution in [1.29, 1.82) is 0 Å². The molecule has 0 aromatic heterocycles. The van der Waals surface area contributed by atoms with Crippen molar-refractivity contribution in [3.05, 3.63) is 29.6 Å². The van der Waals surface area contributed by atoms with Crippen molar-refractivity contribution in [3.8, 4) is 0 Å². The van der Waals surface area contributed by atoms with Crippen molar-refractivity contribution in [2.45, 2.75) is 26.3 Å². The van der Waals surface area contributed by atoms with Gasteiger partial charge in [0, 0.05) is 11.2 Å². The Balaban J connectivity index is 2.65. The minimum atomic E-state index is -1.34. The number of benzene rings is 1.